The van der Waals surface area contributed by atoms with Crippen LogP contribution in [-0.4, -0.2) is 29.8 Å². The first-order valence-electron chi connectivity index (χ1n) is 5.00. The number of aliphatic hydroxyl groups is 1. The van der Waals surface area contributed by atoms with E-state index < -0.39 is 11.6 Å². The molecule has 1 unspecified atom stereocenters. The summed E-state index contributed by atoms with van der Waals surface area (Å²) in [5, 5.41) is 9.40. The van der Waals surface area contributed by atoms with Gasteiger partial charge in [-0.25, -0.2) is 4.79 Å². The van der Waals surface area contributed by atoms with Gasteiger partial charge in [0.15, 0.2) is 5.60 Å². The molecule has 14 heavy (non-hydrogen) atoms. The summed E-state index contributed by atoms with van der Waals surface area (Å²) in [7, 11) is 0. The normalized spacial score (nSPS) is 15.3. The third-order valence-electron chi connectivity index (χ3n) is 2.00. The summed E-state index contributed by atoms with van der Waals surface area (Å²) in [5.41, 5.74) is 3.67. The molecule has 4 nitrogen and oxygen atoms in total. The molecule has 84 valence electrons. The summed E-state index contributed by atoms with van der Waals surface area (Å²) in [6.45, 7) is 5.82. The summed E-state index contributed by atoms with van der Waals surface area (Å²) in [4.78, 5) is 11.2. The second-order valence-corrected chi connectivity index (χ2v) is 4.15. The van der Waals surface area contributed by atoms with Crippen LogP contribution in [0.1, 0.15) is 33.6 Å². The molecule has 0 spiro atoms. The lowest BCUT2D eigenvalue weighted by Gasteiger charge is -2.18. The molecule has 0 aromatic heterocycles. The van der Waals surface area contributed by atoms with Gasteiger partial charge in [-0.2, -0.15) is 0 Å². The predicted octanol–water partition coefficient (Wildman–Crippen LogP) is 0.676. The van der Waals surface area contributed by atoms with Gasteiger partial charge in [-0.1, -0.05) is 13.8 Å². The number of esters is 1. The Morgan fingerprint density at radius 1 is 1.57 bits per heavy atom. The van der Waals surface area contributed by atoms with Gasteiger partial charge in [-0.15, -0.1) is 0 Å². The van der Waals surface area contributed by atoms with Crippen molar-refractivity contribution in [2.24, 2.45) is 11.7 Å². The fraction of sp³-hybridized carbons (Fsp3) is 0.900. The first kappa shape index (κ1) is 13.4. The molecule has 0 aliphatic rings. The van der Waals surface area contributed by atoms with Crippen molar-refractivity contribution in [3.63, 3.8) is 0 Å². The molecule has 0 amide bonds. The fourth-order valence-corrected chi connectivity index (χ4v) is 0.895. The van der Waals surface area contributed by atoms with Gasteiger partial charge in [-0.3, -0.25) is 0 Å². The zero-order valence-corrected chi connectivity index (χ0v) is 9.25. The van der Waals surface area contributed by atoms with E-state index in [1.165, 1.54) is 6.92 Å². The van der Waals surface area contributed by atoms with Crippen LogP contribution in [0.4, 0.5) is 0 Å². The standard InChI is InChI=1S/C10H21NO3/c1-8(2)5-4-6-14-9(12)10(3,13)7-11/h8,13H,4-7,11H2,1-3H3. The van der Waals surface area contributed by atoms with Crippen LogP contribution in [0, 0.1) is 5.92 Å². The lowest BCUT2D eigenvalue weighted by atomic mass is 10.1. The van der Waals surface area contributed by atoms with Gasteiger partial charge >= 0.3 is 5.97 Å². The number of ether oxygens (including phenoxy) is 1. The Labute approximate surface area is 85.4 Å². The van der Waals surface area contributed by atoms with Gasteiger partial charge in [0.05, 0.1) is 6.61 Å². The first-order chi connectivity index (χ1) is 6.40. The lowest BCUT2D eigenvalue weighted by molar-refractivity contribution is -0.162. The van der Waals surface area contributed by atoms with E-state index in [4.69, 9.17) is 10.5 Å². The molecular formula is C10H21NO3. The maximum Gasteiger partial charge on any atom is 0.339 e. The fourth-order valence-electron chi connectivity index (χ4n) is 0.895. The van der Waals surface area contributed by atoms with Gasteiger partial charge in [0.25, 0.3) is 0 Å². The van der Waals surface area contributed by atoms with Crippen molar-refractivity contribution in [2.45, 2.75) is 39.2 Å². The summed E-state index contributed by atoms with van der Waals surface area (Å²) in [6, 6.07) is 0. The number of carbonyl (C=O) groups is 1. The Hall–Kier alpha value is -0.610. The van der Waals surface area contributed by atoms with Gasteiger partial charge in [0.2, 0.25) is 0 Å². The van der Waals surface area contributed by atoms with Crippen LogP contribution in [0.3, 0.4) is 0 Å². The topological polar surface area (TPSA) is 72.5 Å². The highest BCUT2D eigenvalue weighted by Crippen LogP contribution is 2.07. The Balaban J connectivity index is 3.64. The van der Waals surface area contributed by atoms with Gasteiger partial charge < -0.3 is 15.6 Å². The van der Waals surface area contributed by atoms with Gasteiger partial charge in [0, 0.05) is 6.54 Å². The Bertz CT molecular complexity index is 178. The third kappa shape index (κ3) is 5.19. The highest BCUT2D eigenvalue weighted by molar-refractivity contribution is 5.78. The van der Waals surface area contributed by atoms with E-state index in [1.807, 2.05) is 0 Å². The number of rotatable bonds is 6. The molecule has 4 heteroatoms. The number of hydrogen-bond donors (Lipinski definition) is 2. The Kier molecular flexibility index (Phi) is 5.72. The maximum absolute atomic E-state index is 11.2. The van der Waals surface area contributed by atoms with Crippen molar-refractivity contribution in [2.75, 3.05) is 13.2 Å². The van der Waals surface area contributed by atoms with E-state index in [0.29, 0.717) is 12.5 Å². The number of carbonyl (C=O) groups excluding carboxylic acids is 1. The smallest absolute Gasteiger partial charge is 0.339 e. The lowest BCUT2D eigenvalue weighted by Crippen LogP contribution is -2.44. The van der Waals surface area contributed by atoms with E-state index in [9.17, 15) is 9.90 Å². The van der Waals surface area contributed by atoms with Crippen LogP contribution in [0.15, 0.2) is 0 Å². The van der Waals surface area contributed by atoms with Crippen molar-refractivity contribution in [1.82, 2.24) is 0 Å². The SMILES string of the molecule is CC(C)CCCOC(=O)C(C)(O)CN. The number of hydrogen-bond acceptors (Lipinski definition) is 4. The molecule has 1 atom stereocenters. The summed E-state index contributed by atoms with van der Waals surface area (Å²) >= 11 is 0. The molecular weight excluding hydrogens is 182 g/mol. The third-order valence-corrected chi connectivity index (χ3v) is 2.00. The summed E-state index contributed by atoms with van der Waals surface area (Å²) < 4.78 is 4.88. The number of nitrogens with two attached hydrogens (primary N) is 1. The molecule has 0 rings (SSSR count). The molecule has 0 saturated heterocycles. The van der Waals surface area contributed by atoms with Crippen LogP contribution in [0.5, 0.6) is 0 Å². The summed E-state index contributed by atoms with van der Waals surface area (Å²) in [6.07, 6.45) is 1.84. The van der Waals surface area contributed by atoms with E-state index in [-0.39, 0.29) is 6.54 Å². The van der Waals surface area contributed by atoms with E-state index in [0.717, 1.165) is 12.8 Å². The first-order valence-corrected chi connectivity index (χ1v) is 5.00. The van der Waals surface area contributed by atoms with Crippen LogP contribution < -0.4 is 5.73 Å². The van der Waals surface area contributed by atoms with Crippen molar-refractivity contribution in [3.05, 3.63) is 0 Å². The average Bonchev–Trinajstić information content (AvgIpc) is 2.11. The highest BCUT2D eigenvalue weighted by Gasteiger charge is 2.29. The van der Waals surface area contributed by atoms with E-state index in [2.05, 4.69) is 13.8 Å². The molecule has 3 N–H and O–H groups in total. The van der Waals surface area contributed by atoms with Crippen LogP contribution in [0.25, 0.3) is 0 Å². The monoisotopic (exact) mass is 203 g/mol. The Morgan fingerprint density at radius 2 is 2.14 bits per heavy atom. The predicted molar refractivity (Wildman–Crippen MR) is 54.7 cm³/mol. The molecule has 0 bridgehead atoms. The van der Waals surface area contributed by atoms with Gasteiger partial charge in [-0.05, 0) is 25.7 Å². The van der Waals surface area contributed by atoms with E-state index in [1.54, 1.807) is 0 Å². The van der Waals surface area contributed by atoms with Crippen LogP contribution in [0.2, 0.25) is 0 Å². The zero-order chi connectivity index (χ0) is 11.2. The molecule has 0 aromatic carbocycles. The largest absolute Gasteiger partial charge is 0.464 e. The quantitative estimate of drug-likeness (QED) is 0.492. The minimum absolute atomic E-state index is 0.115. The van der Waals surface area contributed by atoms with Crippen molar-refractivity contribution in [3.8, 4) is 0 Å². The van der Waals surface area contributed by atoms with Crippen LogP contribution in [-0.2, 0) is 9.53 Å². The second-order valence-electron chi connectivity index (χ2n) is 4.15. The van der Waals surface area contributed by atoms with E-state index >= 15 is 0 Å². The van der Waals surface area contributed by atoms with Crippen molar-refractivity contribution in [1.29, 1.82) is 0 Å². The zero-order valence-electron chi connectivity index (χ0n) is 9.25. The molecule has 0 aliphatic carbocycles. The summed E-state index contributed by atoms with van der Waals surface area (Å²) in [5.74, 6) is -0.0347. The second kappa shape index (κ2) is 5.98. The minimum atomic E-state index is -1.54. The van der Waals surface area contributed by atoms with Crippen LogP contribution >= 0.6 is 0 Å². The van der Waals surface area contributed by atoms with Crippen molar-refractivity contribution >= 4 is 5.97 Å². The average molecular weight is 203 g/mol. The minimum Gasteiger partial charge on any atom is -0.464 e. The Morgan fingerprint density at radius 3 is 2.57 bits per heavy atom. The molecule has 0 saturated carbocycles. The molecule has 0 radical (unpaired) electrons. The maximum atomic E-state index is 11.2. The van der Waals surface area contributed by atoms with Crippen molar-refractivity contribution < 1.29 is 14.6 Å². The molecule has 0 aliphatic heterocycles. The molecule has 0 aromatic rings. The van der Waals surface area contributed by atoms with Gasteiger partial charge in [0.1, 0.15) is 0 Å². The highest BCUT2D eigenvalue weighted by atomic mass is 16.5. The molecule has 0 fully saturated rings. The molecule has 0 heterocycles.